The molecule has 1 aromatic rings. The zero-order valence-corrected chi connectivity index (χ0v) is 11.8. The summed E-state index contributed by atoms with van der Waals surface area (Å²) in [6.07, 6.45) is -0.486. The Labute approximate surface area is 108 Å². The molecule has 0 fully saturated rings. The van der Waals surface area contributed by atoms with E-state index in [1.54, 1.807) is 33.2 Å². The van der Waals surface area contributed by atoms with Gasteiger partial charge in [0, 0.05) is 6.92 Å². The topological polar surface area (TPSA) is 103 Å². The summed E-state index contributed by atoms with van der Waals surface area (Å²) >= 11 is 0. The summed E-state index contributed by atoms with van der Waals surface area (Å²) in [6, 6.07) is 5.78. The Morgan fingerprint density at radius 3 is 1.83 bits per heavy atom. The summed E-state index contributed by atoms with van der Waals surface area (Å²) in [6.45, 7) is 3.47. The highest BCUT2D eigenvalue weighted by molar-refractivity contribution is 7.85. The number of aliphatic hydroxyl groups is 1. The van der Waals surface area contributed by atoms with E-state index in [2.05, 4.69) is 0 Å². The molecule has 0 heterocycles. The first-order valence-corrected chi connectivity index (χ1v) is 6.68. The molecule has 1 unspecified atom stereocenters. The van der Waals surface area contributed by atoms with Crippen LogP contribution >= 0.6 is 0 Å². The predicted molar refractivity (Wildman–Crippen MR) is 67.1 cm³/mol. The number of aliphatic hydroxyl groups excluding tert-OH is 1. The Kier molecular flexibility index (Phi) is 5.91. The van der Waals surface area contributed by atoms with Gasteiger partial charge in [0.2, 0.25) is 6.23 Å². The van der Waals surface area contributed by atoms with E-state index in [9.17, 15) is 13.0 Å². The van der Waals surface area contributed by atoms with Crippen LogP contribution < -0.4 is 5.84 Å². The van der Waals surface area contributed by atoms with E-state index in [-0.39, 0.29) is 9.49 Å². The van der Waals surface area contributed by atoms with Crippen molar-refractivity contribution in [3.8, 4) is 0 Å². The molecule has 1 aromatic carbocycles. The van der Waals surface area contributed by atoms with Crippen LogP contribution in [0.5, 0.6) is 0 Å². The van der Waals surface area contributed by atoms with Crippen LogP contribution in [0.25, 0.3) is 0 Å². The quantitative estimate of drug-likeness (QED) is 0.263. The van der Waals surface area contributed by atoms with Gasteiger partial charge in [-0.2, -0.15) is 5.84 Å². The molecule has 1 rings (SSSR count). The molecule has 1 atom stereocenters. The van der Waals surface area contributed by atoms with E-state index in [0.717, 1.165) is 5.56 Å². The Balaban J connectivity index is 0.000000360. The second-order valence-electron chi connectivity index (χ2n) is 4.53. The van der Waals surface area contributed by atoms with E-state index in [1.165, 1.54) is 12.1 Å². The Morgan fingerprint density at radius 2 is 1.61 bits per heavy atom. The smallest absolute Gasteiger partial charge is 0.204 e. The molecule has 0 spiro atoms. The Hall–Kier alpha value is -0.990. The largest absolute Gasteiger partial charge is 0.744 e. The molecule has 0 aliphatic rings. The minimum Gasteiger partial charge on any atom is -0.744 e. The number of quaternary nitrogens is 1. The van der Waals surface area contributed by atoms with Gasteiger partial charge < -0.3 is 9.66 Å². The molecule has 0 radical (unpaired) electrons. The fourth-order valence-corrected chi connectivity index (χ4v) is 1.17. The minimum atomic E-state index is -4.27. The van der Waals surface area contributed by atoms with E-state index in [4.69, 9.17) is 10.9 Å². The molecule has 6 nitrogen and oxygen atoms in total. The highest BCUT2D eigenvalue weighted by Gasteiger charge is 2.14. The van der Waals surface area contributed by atoms with Gasteiger partial charge >= 0.3 is 0 Å². The number of rotatable bonds is 2. The van der Waals surface area contributed by atoms with Crippen molar-refractivity contribution in [3.05, 3.63) is 29.8 Å². The average Bonchev–Trinajstić information content (AvgIpc) is 2.16. The third-order valence-corrected chi connectivity index (χ3v) is 3.12. The molecule has 0 aliphatic heterocycles. The molecule has 0 aromatic heterocycles. The molecular weight excluding hydrogens is 256 g/mol. The van der Waals surface area contributed by atoms with Gasteiger partial charge in [-0.25, -0.2) is 13.0 Å². The monoisotopic (exact) mass is 276 g/mol. The van der Waals surface area contributed by atoms with Gasteiger partial charge in [-0.05, 0) is 19.1 Å². The first-order valence-electron chi connectivity index (χ1n) is 5.27. The minimum absolute atomic E-state index is 0.111. The van der Waals surface area contributed by atoms with Gasteiger partial charge in [0.25, 0.3) is 0 Å². The standard InChI is InChI=1S/C7H8O3S.C4H13N2O/c1-6-2-4-7(5-3-6)11(8,9)10;1-4(7)6(2,3)5/h2-5H,1H3,(H,8,9,10);4,7H,5H2,1-3H3/q;+1/p-1. The summed E-state index contributed by atoms with van der Waals surface area (Å²) in [5, 5.41) is 8.74. The molecule has 104 valence electrons. The number of nitrogens with two attached hydrogens (primary N) is 1. The van der Waals surface area contributed by atoms with E-state index in [0.29, 0.717) is 0 Å². The zero-order valence-electron chi connectivity index (χ0n) is 11.0. The maximum Gasteiger partial charge on any atom is 0.204 e. The molecule has 0 bridgehead atoms. The normalized spacial score (nSPS) is 13.5. The van der Waals surface area contributed by atoms with E-state index < -0.39 is 16.3 Å². The van der Waals surface area contributed by atoms with Gasteiger partial charge in [-0.15, -0.1) is 0 Å². The van der Waals surface area contributed by atoms with Crippen molar-refractivity contribution in [1.29, 1.82) is 0 Å². The fourth-order valence-electron chi connectivity index (χ4n) is 0.705. The van der Waals surface area contributed by atoms with Crippen LogP contribution in [0.2, 0.25) is 0 Å². The van der Waals surface area contributed by atoms with Gasteiger partial charge in [0.1, 0.15) is 10.1 Å². The Bertz CT molecular complexity index is 461. The third-order valence-electron chi connectivity index (χ3n) is 2.27. The van der Waals surface area contributed by atoms with Crippen LogP contribution in [0, 0.1) is 6.92 Å². The van der Waals surface area contributed by atoms with Crippen molar-refractivity contribution in [2.24, 2.45) is 5.84 Å². The Morgan fingerprint density at radius 1 is 1.28 bits per heavy atom. The zero-order chi connectivity index (χ0) is 14.6. The lowest BCUT2D eigenvalue weighted by atomic mass is 10.2. The fraction of sp³-hybridized carbons (Fsp3) is 0.455. The van der Waals surface area contributed by atoms with Crippen LogP contribution in [0.4, 0.5) is 0 Å². The van der Waals surface area contributed by atoms with Crippen LogP contribution in [-0.2, 0) is 10.1 Å². The van der Waals surface area contributed by atoms with Crippen molar-refractivity contribution >= 4 is 10.1 Å². The van der Waals surface area contributed by atoms with E-state index in [1.807, 2.05) is 6.92 Å². The van der Waals surface area contributed by atoms with Crippen LogP contribution in [0.1, 0.15) is 12.5 Å². The van der Waals surface area contributed by atoms with Crippen LogP contribution in [0.15, 0.2) is 29.2 Å². The molecular formula is C11H20N2O4S. The molecule has 7 heteroatoms. The first-order chi connectivity index (χ1) is 7.94. The lowest BCUT2D eigenvalue weighted by molar-refractivity contribution is -0.945. The summed E-state index contributed by atoms with van der Waals surface area (Å²) in [5.41, 5.74) is 0.928. The number of nitrogens with zero attached hydrogens (tertiary/aromatic N) is 1. The van der Waals surface area contributed by atoms with Gasteiger partial charge in [0.15, 0.2) is 0 Å². The number of benzene rings is 1. The molecule has 3 N–H and O–H groups in total. The van der Waals surface area contributed by atoms with Crippen LogP contribution in [0.3, 0.4) is 0 Å². The molecule has 18 heavy (non-hydrogen) atoms. The summed E-state index contributed by atoms with van der Waals surface area (Å²) in [4.78, 5) is -0.178. The average molecular weight is 276 g/mol. The molecule has 0 saturated carbocycles. The van der Waals surface area contributed by atoms with Crippen molar-refractivity contribution in [3.63, 3.8) is 0 Å². The second-order valence-corrected chi connectivity index (χ2v) is 5.91. The van der Waals surface area contributed by atoms with Gasteiger partial charge in [0.05, 0.1) is 19.0 Å². The summed E-state index contributed by atoms with van der Waals surface area (Å²) in [5.74, 6) is 5.37. The van der Waals surface area contributed by atoms with Crippen molar-refractivity contribution in [2.75, 3.05) is 14.1 Å². The first kappa shape index (κ1) is 17.0. The van der Waals surface area contributed by atoms with Crippen molar-refractivity contribution in [1.82, 2.24) is 0 Å². The maximum atomic E-state index is 10.4. The van der Waals surface area contributed by atoms with Crippen molar-refractivity contribution < 1.29 is 22.7 Å². The number of hydrogen-bond donors (Lipinski definition) is 2. The number of hydrogen-bond acceptors (Lipinski definition) is 5. The lowest BCUT2D eigenvalue weighted by Gasteiger charge is -2.24. The summed E-state index contributed by atoms with van der Waals surface area (Å²) in [7, 11) is -0.816. The second kappa shape index (κ2) is 6.26. The molecule has 0 saturated heterocycles. The molecule has 0 amide bonds. The predicted octanol–water partition coefficient (Wildman–Crippen LogP) is 0.174. The molecule has 0 aliphatic carbocycles. The lowest BCUT2D eigenvalue weighted by Crippen LogP contribution is -2.53. The third kappa shape index (κ3) is 6.67. The number of aryl methyl sites for hydroxylation is 1. The van der Waals surface area contributed by atoms with Crippen molar-refractivity contribution in [2.45, 2.75) is 25.0 Å². The van der Waals surface area contributed by atoms with E-state index >= 15 is 0 Å². The SMILES string of the molecule is CC(O)[N+](C)(C)N.Cc1ccc(S(=O)(=O)[O-])cc1. The summed E-state index contributed by atoms with van der Waals surface area (Å²) < 4.78 is 31.3. The highest BCUT2D eigenvalue weighted by Crippen LogP contribution is 2.08. The van der Waals surface area contributed by atoms with Gasteiger partial charge in [-0.1, -0.05) is 17.7 Å². The highest BCUT2D eigenvalue weighted by atomic mass is 32.2. The van der Waals surface area contributed by atoms with Gasteiger partial charge in [-0.3, -0.25) is 0 Å². The maximum absolute atomic E-state index is 10.4. The van der Waals surface area contributed by atoms with Crippen LogP contribution in [-0.4, -0.2) is 43.0 Å².